The molecule has 0 fully saturated rings. The third-order valence-electron chi connectivity index (χ3n) is 5.61. The molecule has 0 aromatic heterocycles. The molecule has 3 aromatic carbocycles. The lowest BCUT2D eigenvalue weighted by molar-refractivity contribution is -0.138. The number of rotatable bonds is 11. The van der Waals surface area contributed by atoms with E-state index in [4.69, 9.17) is 15.9 Å². The molecular formula is C27H29F2N3O3. The number of halogens is 2. The van der Waals surface area contributed by atoms with E-state index in [1.54, 1.807) is 30.3 Å². The molecule has 0 aliphatic carbocycles. The number of nitrogens with two attached hydrogens (primary N) is 1. The highest BCUT2D eigenvalue weighted by molar-refractivity contribution is 5.95. The van der Waals surface area contributed by atoms with Crippen molar-refractivity contribution in [3.8, 4) is 5.75 Å². The van der Waals surface area contributed by atoms with Crippen molar-refractivity contribution in [2.24, 2.45) is 5.73 Å². The second kappa shape index (κ2) is 11.5. The molecule has 0 aliphatic rings. The van der Waals surface area contributed by atoms with Gasteiger partial charge in [0.15, 0.2) is 17.7 Å². The topological polar surface area (TPSA) is 108 Å². The number of carbonyl (C=O) groups is 1. The van der Waals surface area contributed by atoms with E-state index in [2.05, 4.69) is 5.32 Å². The lowest BCUT2D eigenvalue weighted by Crippen LogP contribution is -2.22. The quantitative estimate of drug-likeness (QED) is 0.211. The van der Waals surface area contributed by atoms with E-state index in [0.29, 0.717) is 41.0 Å². The minimum absolute atomic E-state index is 0.0496. The van der Waals surface area contributed by atoms with Crippen LogP contribution in [-0.4, -0.2) is 16.9 Å². The van der Waals surface area contributed by atoms with E-state index in [1.165, 1.54) is 6.07 Å². The Labute approximate surface area is 203 Å². The van der Waals surface area contributed by atoms with Gasteiger partial charge in [-0.2, -0.15) is 0 Å². The number of anilines is 1. The van der Waals surface area contributed by atoms with Crippen molar-refractivity contribution in [2.45, 2.75) is 45.8 Å². The van der Waals surface area contributed by atoms with Crippen molar-refractivity contribution in [2.75, 3.05) is 5.32 Å². The molecule has 0 spiro atoms. The largest absolute Gasteiger partial charge is 0.488 e. The maximum absolute atomic E-state index is 13.7. The Hall–Kier alpha value is -3.94. The number of nitrogen functional groups attached to an aromatic ring is 1. The summed E-state index contributed by atoms with van der Waals surface area (Å²) in [4.78, 5) is 12.4. The highest BCUT2D eigenvalue weighted by Gasteiger charge is 2.26. The molecule has 1 atom stereocenters. The van der Waals surface area contributed by atoms with Gasteiger partial charge >= 0.3 is 5.97 Å². The Kier molecular flexibility index (Phi) is 8.41. The third-order valence-corrected chi connectivity index (χ3v) is 5.61. The number of carboxylic acid groups (broad SMARTS) is 1. The van der Waals surface area contributed by atoms with Crippen molar-refractivity contribution >= 4 is 17.5 Å². The summed E-state index contributed by atoms with van der Waals surface area (Å²) in [5.74, 6) is -2.69. The van der Waals surface area contributed by atoms with Gasteiger partial charge in [-0.15, -0.1) is 0 Å². The molecule has 5 N–H and O–H groups in total. The molecule has 0 heterocycles. The number of ether oxygens (including phenoxy) is 1. The zero-order valence-corrected chi connectivity index (χ0v) is 19.7. The van der Waals surface area contributed by atoms with E-state index in [1.807, 2.05) is 19.9 Å². The van der Waals surface area contributed by atoms with Crippen molar-refractivity contribution < 1.29 is 23.4 Å². The average molecular weight is 482 g/mol. The maximum Gasteiger partial charge on any atom is 0.330 e. The van der Waals surface area contributed by atoms with Crippen LogP contribution in [0.1, 0.15) is 54.1 Å². The lowest BCUT2D eigenvalue weighted by Gasteiger charge is -2.23. The van der Waals surface area contributed by atoms with Gasteiger partial charge in [-0.05, 0) is 72.0 Å². The SMILES string of the molecule is CCCc1cc(CC)cc(C(Nc2ccc(C(=N)N)cc2)C(=O)O)c1OCc1ccc(F)c(F)c1. The molecule has 8 heteroatoms. The first kappa shape index (κ1) is 25.7. The molecule has 0 radical (unpaired) electrons. The van der Waals surface area contributed by atoms with Gasteiger partial charge in [0.2, 0.25) is 0 Å². The summed E-state index contributed by atoms with van der Waals surface area (Å²) >= 11 is 0. The number of aliphatic carboxylic acids is 1. The highest BCUT2D eigenvalue weighted by atomic mass is 19.2. The fraction of sp³-hybridized carbons (Fsp3) is 0.259. The Morgan fingerprint density at radius 1 is 1.06 bits per heavy atom. The monoisotopic (exact) mass is 481 g/mol. The Morgan fingerprint density at radius 2 is 1.77 bits per heavy atom. The van der Waals surface area contributed by atoms with Gasteiger partial charge in [-0.25, -0.2) is 13.6 Å². The normalized spacial score (nSPS) is 11.7. The fourth-order valence-electron chi connectivity index (χ4n) is 3.80. The van der Waals surface area contributed by atoms with Crippen LogP contribution in [0, 0.1) is 17.0 Å². The van der Waals surface area contributed by atoms with Crippen molar-refractivity contribution in [1.29, 1.82) is 5.41 Å². The number of hydrogen-bond donors (Lipinski definition) is 4. The summed E-state index contributed by atoms with van der Waals surface area (Å²) in [5, 5.41) is 20.7. The number of benzene rings is 3. The second-order valence-corrected chi connectivity index (χ2v) is 8.22. The summed E-state index contributed by atoms with van der Waals surface area (Å²) in [6, 6.07) is 12.8. The number of aryl methyl sites for hydroxylation is 2. The van der Waals surface area contributed by atoms with Gasteiger partial charge in [-0.1, -0.05) is 32.4 Å². The van der Waals surface area contributed by atoms with Crippen LogP contribution in [-0.2, 0) is 24.2 Å². The first-order chi connectivity index (χ1) is 16.7. The van der Waals surface area contributed by atoms with Gasteiger partial charge < -0.3 is 20.9 Å². The van der Waals surface area contributed by atoms with Crippen molar-refractivity contribution in [1.82, 2.24) is 0 Å². The summed E-state index contributed by atoms with van der Waals surface area (Å²) in [5.41, 5.74) is 9.25. The van der Waals surface area contributed by atoms with Crippen LogP contribution in [0.25, 0.3) is 0 Å². The first-order valence-corrected chi connectivity index (χ1v) is 11.4. The summed E-state index contributed by atoms with van der Waals surface area (Å²) < 4.78 is 33.1. The maximum atomic E-state index is 13.7. The van der Waals surface area contributed by atoms with Gasteiger partial charge in [0.25, 0.3) is 0 Å². The molecule has 0 saturated carbocycles. The standard InChI is InChI=1S/C27H29F2N3O3/c1-3-5-19-12-16(4-2)13-21(25(19)35-15-17-6-11-22(28)23(29)14-17)24(27(33)34)32-20-9-7-18(8-10-20)26(30)31/h6-14,24,32H,3-5,15H2,1-2H3,(H3,30,31)(H,33,34). The van der Waals surface area contributed by atoms with Crippen LogP contribution in [0.2, 0.25) is 0 Å². The Bertz CT molecular complexity index is 1210. The molecule has 0 aliphatic heterocycles. The fourth-order valence-corrected chi connectivity index (χ4v) is 3.80. The number of carboxylic acids is 1. The zero-order chi connectivity index (χ0) is 25.5. The molecule has 35 heavy (non-hydrogen) atoms. The molecule has 0 bridgehead atoms. The van der Waals surface area contributed by atoms with Gasteiger partial charge in [0.05, 0.1) is 0 Å². The number of amidine groups is 1. The van der Waals surface area contributed by atoms with Crippen LogP contribution >= 0.6 is 0 Å². The van der Waals surface area contributed by atoms with Crippen molar-refractivity contribution in [3.63, 3.8) is 0 Å². The van der Waals surface area contributed by atoms with Gasteiger partial charge in [-0.3, -0.25) is 5.41 Å². The molecule has 3 aromatic rings. The van der Waals surface area contributed by atoms with Crippen LogP contribution in [0.4, 0.5) is 14.5 Å². The van der Waals surface area contributed by atoms with Gasteiger partial charge in [0.1, 0.15) is 18.2 Å². The predicted molar refractivity (Wildman–Crippen MR) is 132 cm³/mol. The van der Waals surface area contributed by atoms with E-state index in [9.17, 15) is 18.7 Å². The van der Waals surface area contributed by atoms with Crippen LogP contribution in [0.5, 0.6) is 5.75 Å². The molecular weight excluding hydrogens is 452 g/mol. The number of nitrogens with one attached hydrogen (secondary N) is 2. The number of hydrogen-bond acceptors (Lipinski definition) is 4. The molecule has 0 saturated heterocycles. The minimum Gasteiger partial charge on any atom is -0.488 e. The molecule has 184 valence electrons. The highest BCUT2D eigenvalue weighted by Crippen LogP contribution is 2.35. The Morgan fingerprint density at radius 3 is 2.34 bits per heavy atom. The lowest BCUT2D eigenvalue weighted by atomic mass is 9.95. The third kappa shape index (κ3) is 6.35. The summed E-state index contributed by atoms with van der Waals surface area (Å²) in [7, 11) is 0. The smallest absolute Gasteiger partial charge is 0.330 e. The van der Waals surface area contributed by atoms with Gasteiger partial charge in [0, 0.05) is 16.8 Å². The van der Waals surface area contributed by atoms with E-state index in [-0.39, 0.29) is 12.4 Å². The second-order valence-electron chi connectivity index (χ2n) is 8.22. The molecule has 0 amide bonds. The molecule has 3 rings (SSSR count). The molecule has 6 nitrogen and oxygen atoms in total. The minimum atomic E-state index is -1.14. The van der Waals surface area contributed by atoms with Crippen LogP contribution in [0.15, 0.2) is 54.6 Å². The predicted octanol–water partition coefficient (Wildman–Crippen LogP) is 5.58. The van der Waals surface area contributed by atoms with Crippen LogP contribution < -0.4 is 15.8 Å². The van der Waals surface area contributed by atoms with Crippen LogP contribution in [0.3, 0.4) is 0 Å². The first-order valence-electron chi connectivity index (χ1n) is 11.4. The molecule has 1 unspecified atom stereocenters. The van der Waals surface area contributed by atoms with E-state index < -0.39 is 23.6 Å². The van der Waals surface area contributed by atoms with E-state index >= 15 is 0 Å². The zero-order valence-electron chi connectivity index (χ0n) is 19.7. The average Bonchev–Trinajstić information content (AvgIpc) is 2.83. The summed E-state index contributed by atoms with van der Waals surface area (Å²) in [6.45, 7) is 3.95. The van der Waals surface area contributed by atoms with Crippen molar-refractivity contribution in [3.05, 3.63) is 94.0 Å². The summed E-state index contributed by atoms with van der Waals surface area (Å²) in [6.07, 6.45) is 2.17. The Balaban J connectivity index is 2.02. The van der Waals surface area contributed by atoms with E-state index in [0.717, 1.165) is 29.7 Å².